The maximum absolute atomic E-state index is 13.2. The maximum Gasteiger partial charge on any atom is 3.00 e. The summed E-state index contributed by atoms with van der Waals surface area (Å²) in [6.07, 6.45) is 0. The predicted molar refractivity (Wildman–Crippen MR) is 376 cm³/mol. The molecule has 2 radical (unpaired) electrons. The maximum atomic E-state index is 13.2. The van der Waals surface area contributed by atoms with Crippen molar-refractivity contribution in [1.29, 1.82) is 0 Å². The molecular weight excluding hydrogens is 1530 g/mol. The van der Waals surface area contributed by atoms with Gasteiger partial charge in [0, 0.05) is 0 Å². The van der Waals surface area contributed by atoms with E-state index < -0.39 is 34.2 Å². The molecule has 9 aromatic rings. The summed E-state index contributed by atoms with van der Waals surface area (Å²) in [4.78, 5) is 39.5. The minimum Gasteiger partial charge on any atom is -0.548 e. The molecule has 103 heavy (non-hydrogen) atoms. The third kappa shape index (κ3) is 15.6. The van der Waals surface area contributed by atoms with E-state index in [9.17, 15) is 29.7 Å². The molecule has 24 nitrogen and oxygen atoms in total. The molecular formula is C78H81BiO24. The van der Waals surface area contributed by atoms with Gasteiger partial charge in [-0.15, -0.1) is 0 Å². The fourth-order valence-corrected chi connectivity index (χ4v) is 12.2. The summed E-state index contributed by atoms with van der Waals surface area (Å²) in [5.41, 5.74) is -1.92. The Morgan fingerprint density at radius 3 is 0.340 bits per heavy atom. The van der Waals surface area contributed by atoms with Crippen molar-refractivity contribution >= 4 is 44.1 Å². The van der Waals surface area contributed by atoms with Crippen molar-refractivity contribution in [1.82, 2.24) is 0 Å². The number of carbonyl (C=O) groups excluding carboxylic acids is 3. The van der Waals surface area contributed by atoms with E-state index >= 15 is 0 Å². The van der Waals surface area contributed by atoms with Crippen LogP contribution in [0, 0.1) is 0 Å². The number of carbonyl (C=O) groups is 3. The number of carboxylic acids is 3. The summed E-state index contributed by atoms with van der Waals surface area (Å²) in [6, 6.07) is 44.2. The number of rotatable bonds is 30. The second kappa shape index (κ2) is 36.3. The van der Waals surface area contributed by atoms with Gasteiger partial charge in [-0.05, 0) is 159 Å². The van der Waals surface area contributed by atoms with Crippen LogP contribution in [-0.2, 0) is 30.6 Å². The molecule has 0 saturated carbocycles. The Kier molecular flexibility index (Phi) is 28.4. The van der Waals surface area contributed by atoms with Crippen molar-refractivity contribution in [3.63, 3.8) is 0 Å². The molecule has 542 valence electrons. The second-order valence-corrected chi connectivity index (χ2v) is 21.7. The molecule has 0 aliphatic heterocycles. The van der Waals surface area contributed by atoms with Crippen LogP contribution in [0.3, 0.4) is 0 Å². The van der Waals surface area contributed by atoms with E-state index in [4.69, 9.17) is 85.3 Å². The van der Waals surface area contributed by atoms with Crippen LogP contribution in [0.25, 0.3) is 0 Å². The Bertz CT molecular complexity index is 3560. The van der Waals surface area contributed by atoms with Gasteiger partial charge in [-0.25, -0.2) is 0 Å². The monoisotopic (exact) mass is 1610 g/mol. The zero-order chi connectivity index (χ0) is 74.6. The molecule has 9 aromatic carbocycles. The van der Waals surface area contributed by atoms with E-state index in [1.807, 2.05) is 0 Å². The van der Waals surface area contributed by atoms with E-state index in [2.05, 4.69) is 0 Å². The van der Waals surface area contributed by atoms with Gasteiger partial charge in [0.1, 0.15) is 0 Å². The zero-order valence-electron chi connectivity index (χ0n) is 60.3. The Labute approximate surface area is 617 Å². The topological polar surface area (TPSA) is 287 Å². The Hall–Kier alpha value is -11.3. The molecule has 0 spiro atoms. The average molecular weight is 1610 g/mol. The smallest absolute Gasteiger partial charge is 0.548 e. The van der Waals surface area contributed by atoms with Crippen LogP contribution in [0.5, 0.6) is 103 Å². The molecule has 9 rings (SSSR count). The average Bonchev–Trinajstić information content (AvgIpc) is 0.747. The van der Waals surface area contributed by atoms with E-state index in [1.54, 1.807) is 164 Å². The normalized spacial score (nSPS) is 10.8. The van der Waals surface area contributed by atoms with Crippen LogP contribution in [0.4, 0.5) is 0 Å². The summed E-state index contributed by atoms with van der Waals surface area (Å²) in [5.74, 6) is 3.33. The first kappa shape index (κ1) is 80.6. The standard InChI is InChI=1S/3C26H28O8.Bi/c3*1-29-19-10-7-16(13-22(19)32-4)26(25(27)28,17-8-11-20(30-2)23(14-17)33-5)18-9-12-21(31-3)24(15-18)34-6;/h3*7-15H,1-6H3,(H,27,28);/q;;;+3/p-3. The van der Waals surface area contributed by atoms with Crippen LogP contribution < -0.4 is 101 Å². The molecule has 0 atom stereocenters. The zero-order valence-corrected chi connectivity index (χ0v) is 63.8. The number of aliphatic carboxylic acids is 3. The summed E-state index contributed by atoms with van der Waals surface area (Å²) >= 11 is 0. The largest absolute Gasteiger partial charge is 3.00 e. The molecule has 0 saturated heterocycles. The van der Waals surface area contributed by atoms with E-state index in [0.717, 1.165) is 0 Å². The van der Waals surface area contributed by atoms with Crippen molar-refractivity contribution in [3.05, 3.63) is 214 Å². The first-order valence-corrected chi connectivity index (χ1v) is 30.9. The number of hydrogen-bond donors (Lipinski definition) is 0. The summed E-state index contributed by atoms with van der Waals surface area (Å²) in [5, 5.41) is 39.5. The van der Waals surface area contributed by atoms with Gasteiger partial charge >= 0.3 is 26.2 Å². The number of benzene rings is 9. The quantitative estimate of drug-likeness (QED) is 0.0303. The van der Waals surface area contributed by atoms with Gasteiger partial charge in [0.05, 0.1) is 162 Å². The van der Waals surface area contributed by atoms with Crippen LogP contribution in [0.2, 0.25) is 0 Å². The third-order valence-electron chi connectivity index (χ3n) is 17.3. The van der Waals surface area contributed by atoms with Crippen molar-refractivity contribution < 1.29 is 115 Å². The molecule has 0 aliphatic carbocycles. The van der Waals surface area contributed by atoms with Gasteiger partial charge in [-0.3, -0.25) is 0 Å². The summed E-state index contributed by atoms with van der Waals surface area (Å²) < 4.78 is 97.3. The van der Waals surface area contributed by atoms with Crippen molar-refractivity contribution in [3.8, 4) is 103 Å². The number of ether oxygens (including phenoxy) is 18. The number of hydrogen-bond acceptors (Lipinski definition) is 24. The van der Waals surface area contributed by atoms with Crippen molar-refractivity contribution in [2.45, 2.75) is 16.2 Å². The summed E-state index contributed by atoms with van der Waals surface area (Å²) in [7, 11) is 26.9. The molecule has 0 heterocycles. The molecule has 0 aromatic heterocycles. The van der Waals surface area contributed by atoms with Gasteiger partial charge in [-0.1, -0.05) is 54.6 Å². The van der Waals surface area contributed by atoms with Gasteiger partial charge in [-0.2, -0.15) is 0 Å². The van der Waals surface area contributed by atoms with Crippen LogP contribution in [0.15, 0.2) is 164 Å². The third-order valence-corrected chi connectivity index (χ3v) is 17.3. The number of carboxylic acid groups (broad SMARTS) is 3. The first-order valence-electron chi connectivity index (χ1n) is 30.9. The molecule has 0 aliphatic rings. The SMILES string of the molecule is COc1ccc(C(C(=O)[O-])(c2ccc(OC)c(OC)c2)c2ccc(OC)c(OC)c2)cc1OC.COc1ccc(C(C(=O)[O-])(c2ccc(OC)c(OC)c2)c2ccc(OC)c(OC)c2)cc1OC.COc1ccc(C(C(=O)[O-])(c2ccc(OC)c(OC)c2)c2ccc(OC)c(OC)c2)cc1OC.[Bi+3]. The fraction of sp³-hybridized carbons (Fsp3) is 0.269. The fourth-order valence-electron chi connectivity index (χ4n) is 12.2. The predicted octanol–water partition coefficient (Wildman–Crippen LogP) is 8.09. The molecule has 0 N–H and O–H groups in total. The first-order chi connectivity index (χ1) is 49.2. The minimum absolute atomic E-state index is 0. The molecule has 0 amide bonds. The molecule has 25 heteroatoms. The second-order valence-electron chi connectivity index (χ2n) is 21.7. The van der Waals surface area contributed by atoms with Crippen LogP contribution in [-0.4, -0.2) is 172 Å². The van der Waals surface area contributed by atoms with Crippen LogP contribution in [0.1, 0.15) is 50.1 Å². The van der Waals surface area contributed by atoms with Gasteiger partial charge < -0.3 is 115 Å². The van der Waals surface area contributed by atoms with Gasteiger partial charge in [0.15, 0.2) is 103 Å². The Balaban J connectivity index is 0.000000241. The Morgan fingerprint density at radius 2 is 0.272 bits per heavy atom. The van der Waals surface area contributed by atoms with Crippen molar-refractivity contribution in [2.24, 2.45) is 0 Å². The summed E-state index contributed by atoms with van der Waals surface area (Å²) in [6.45, 7) is 0. The van der Waals surface area contributed by atoms with Crippen molar-refractivity contribution in [2.75, 3.05) is 128 Å². The van der Waals surface area contributed by atoms with Gasteiger partial charge in [0.2, 0.25) is 0 Å². The minimum atomic E-state index is -1.78. The molecule has 0 fully saturated rings. The van der Waals surface area contributed by atoms with E-state index in [1.165, 1.54) is 128 Å². The van der Waals surface area contributed by atoms with Crippen LogP contribution >= 0.6 is 0 Å². The van der Waals surface area contributed by atoms with E-state index in [0.29, 0.717) is 154 Å². The van der Waals surface area contributed by atoms with Gasteiger partial charge in [0.25, 0.3) is 0 Å². The van der Waals surface area contributed by atoms with E-state index in [-0.39, 0.29) is 26.2 Å². The molecule has 0 unspecified atom stereocenters. The Morgan fingerprint density at radius 1 is 0.184 bits per heavy atom. The number of methoxy groups -OCH3 is 18. The molecule has 0 bridgehead atoms.